The van der Waals surface area contributed by atoms with Crippen molar-refractivity contribution < 1.29 is 13.2 Å². The summed E-state index contributed by atoms with van der Waals surface area (Å²) in [5, 5.41) is 2.68. The predicted octanol–water partition coefficient (Wildman–Crippen LogP) is -0.784. The Kier molecular flexibility index (Phi) is 8.15. The summed E-state index contributed by atoms with van der Waals surface area (Å²) in [6.45, 7) is 5.08. The lowest BCUT2D eigenvalue weighted by molar-refractivity contribution is -0.121. The molecule has 0 fully saturated rings. The first-order chi connectivity index (χ1) is 8.71. The van der Waals surface area contributed by atoms with Gasteiger partial charge in [-0.1, -0.05) is 13.8 Å². The van der Waals surface area contributed by atoms with Crippen LogP contribution in [0.1, 0.15) is 20.3 Å². The van der Waals surface area contributed by atoms with Crippen molar-refractivity contribution in [2.45, 2.75) is 20.3 Å². The zero-order valence-electron chi connectivity index (χ0n) is 12.2. The maximum atomic E-state index is 12.0. The van der Waals surface area contributed by atoms with E-state index in [0.717, 1.165) is 4.31 Å². The van der Waals surface area contributed by atoms with E-state index in [4.69, 9.17) is 5.73 Å². The molecule has 0 radical (unpaired) electrons. The molecular weight excluding hydrogens is 268 g/mol. The van der Waals surface area contributed by atoms with Gasteiger partial charge >= 0.3 is 0 Å². The minimum absolute atomic E-state index is 0.179. The standard InChI is InChI=1S/C11H26N4O3S/c1-10(2)8-13-11(16)9-15(4)19(17,18)14(3)7-5-6-12/h10H,5-9,12H2,1-4H3,(H,13,16). The molecule has 0 aliphatic heterocycles. The van der Waals surface area contributed by atoms with Crippen LogP contribution in [0.5, 0.6) is 0 Å². The van der Waals surface area contributed by atoms with E-state index in [9.17, 15) is 13.2 Å². The SMILES string of the molecule is CC(C)CNC(=O)CN(C)S(=O)(=O)N(C)CCCN. The van der Waals surface area contributed by atoms with Crippen LogP contribution in [0.25, 0.3) is 0 Å². The highest BCUT2D eigenvalue weighted by atomic mass is 32.2. The Bertz CT molecular complexity index is 370. The summed E-state index contributed by atoms with van der Waals surface area (Å²) in [7, 11) is -0.723. The maximum Gasteiger partial charge on any atom is 0.281 e. The number of rotatable bonds is 9. The lowest BCUT2D eigenvalue weighted by Crippen LogP contribution is -2.45. The Morgan fingerprint density at radius 1 is 1.26 bits per heavy atom. The monoisotopic (exact) mass is 294 g/mol. The fraction of sp³-hybridized carbons (Fsp3) is 0.909. The fourth-order valence-electron chi connectivity index (χ4n) is 1.32. The molecule has 0 bridgehead atoms. The molecule has 0 atom stereocenters. The van der Waals surface area contributed by atoms with Crippen LogP contribution in [0.2, 0.25) is 0 Å². The van der Waals surface area contributed by atoms with E-state index in [-0.39, 0.29) is 12.5 Å². The lowest BCUT2D eigenvalue weighted by atomic mass is 10.2. The molecule has 0 spiro atoms. The van der Waals surface area contributed by atoms with Crippen molar-refractivity contribution in [2.75, 3.05) is 40.3 Å². The van der Waals surface area contributed by atoms with Gasteiger partial charge < -0.3 is 11.1 Å². The third kappa shape index (κ3) is 6.86. The lowest BCUT2D eigenvalue weighted by Gasteiger charge is -2.24. The number of nitrogens with one attached hydrogen (secondary N) is 1. The first-order valence-electron chi connectivity index (χ1n) is 6.36. The average Bonchev–Trinajstić information content (AvgIpc) is 2.33. The molecule has 0 saturated heterocycles. The molecular formula is C11H26N4O3S. The molecule has 0 aliphatic carbocycles. The van der Waals surface area contributed by atoms with Gasteiger partial charge in [-0.2, -0.15) is 17.0 Å². The molecule has 0 rings (SSSR count). The van der Waals surface area contributed by atoms with Crippen molar-refractivity contribution in [3.05, 3.63) is 0 Å². The highest BCUT2D eigenvalue weighted by Gasteiger charge is 2.24. The first-order valence-corrected chi connectivity index (χ1v) is 7.75. The van der Waals surface area contributed by atoms with Gasteiger partial charge in [0.1, 0.15) is 0 Å². The van der Waals surface area contributed by atoms with Gasteiger partial charge in [0.25, 0.3) is 10.2 Å². The van der Waals surface area contributed by atoms with E-state index >= 15 is 0 Å². The summed E-state index contributed by atoms with van der Waals surface area (Å²) in [6.07, 6.45) is 0.586. The van der Waals surface area contributed by atoms with Crippen molar-refractivity contribution in [3.8, 4) is 0 Å². The van der Waals surface area contributed by atoms with E-state index in [0.29, 0.717) is 32.0 Å². The quantitative estimate of drug-likeness (QED) is 0.583. The summed E-state index contributed by atoms with van der Waals surface area (Å²) in [5.74, 6) is 0.0325. The first kappa shape index (κ1) is 18.3. The summed E-state index contributed by atoms with van der Waals surface area (Å²) < 4.78 is 26.3. The van der Waals surface area contributed by atoms with Gasteiger partial charge in [-0.15, -0.1) is 0 Å². The molecule has 0 aromatic heterocycles. The number of amides is 1. The summed E-state index contributed by atoms with van der Waals surface area (Å²) >= 11 is 0. The molecule has 0 saturated carbocycles. The minimum Gasteiger partial charge on any atom is -0.355 e. The number of carbonyl (C=O) groups is 1. The second kappa shape index (κ2) is 8.47. The van der Waals surface area contributed by atoms with Gasteiger partial charge in [-0.3, -0.25) is 4.79 Å². The number of likely N-dealkylation sites (N-methyl/N-ethyl adjacent to an activating group) is 1. The van der Waals surface area contributed by atoms with Gasteiger partial charge in [0.2, 0.25) is 5.91 Å². The number of nitrogens with zero attached hydrogens (tertiary/aromatic N) is 2. The number of hydrogen-bond donors (Lipinski definition) is 2. The molecule has 8 heteroatoms. The van der Waals surface area contributed by atoms with Gasteiger partial charge in [0.15, 0.2) is 0 Å². The Morgan fingerprint density at radius 2 is 1.84 bits per heavy atom. The van der Waals surface area contributed by atoms with E-state index in [1.165, 1.54) is 18.4 Å². The topological polar surface area (TPSA) is 95.7 Å². The van der Waals surface area contributed by atoms with E-state index < -0.39 is 10.2 Å². The summed E-state index contributed by atoms with van der Waals surface area (Å²) in [6, 6.07) is 0. The minimum atomic E-state index is -3.59. The van der Waals surface area contributed by atoms with Gasteiger partial charge in [-0.05, 0) is 18.9 Å². The Hall–Kier alpha value is -0.700. The van der Waals surface area contributed by atoms with Crippen LogP contribution in [-0.4, -0.2) is 63.2 Å². The zero-order chi connectivity index (χ0) is 15.1. The number of carbonyl (C=O) groups excluding carboxylic acids is 1. The normalized spacial score (nSPS) is 12.4. The Balaban J connectivity index is 4.38. The maximum absolute atomic E-state index is 12.0. The predicted molar refractivity (Wildman–Crippen MR) is 75.7 cm³/mol. The zero-order valence-corrected chi connectivity index (χ0v) is 13.0. The smallest absolute Gasteiger partial charge is 0.281 e. The molecule has 3 N–H and O–H groups in total. The molecule has 0 aromatic rings. The van der Waals surface area contributed by atoms with E-state index in [2.05, 4.69) is 5.32 Å². The van der Waals surface area contributed by atoms with Crippen molar-refractivity contribution >= 4 is 16.1 Å². The largest absolute Gasteiger partial charge is 0.355 e. The molecule has 1 amide bonds. The van der Waals surface area contributed by atoms with Crippen LogP contribution in [0.4, 0.5) is 0 Å². The Morgan fingerprint density at radius 3 is 2.32 bits per heavy atom. The van der Waals surface area contributed by atoms with Gasteiger partial charge in [0, 0.05) is 27.2 Å². The second-order valence-corrected chi connectivity index (χ2v) is 7.07. The van der Waals surface area contributed by atoms with Crippen LogP contribution in [-0.2, 0) is 15.0 Å². The molecule has 0 aliphatic rings. The van der Waals surface area contributed by atoms with Crippen LogP contribution in [0.3, 0.4) is 0 Å². The number of nitrogens with two attached hydrogens (primary N) is 1. The molecule has 0 aromatic carbocycles. The average molecular weight is 294 g/mol. The van der Waals surface area contributed by atoms with Crippen LogP contribution >= 0.6 is 0 Å². The van der Waals surface area contributed by atoms with Crippen molar-refractivity contribution in [3.63, 3.8) is 0 Å². The van der Waals surface area contributed by atoms with Crippen LogP contribution < -0.4 is 11.1 Å². The number of hydrogen-bond acceptors (Lipinski definition) is 4. The van der Waals surface area contributed by atoms with E-state index in [1.54, 1.807) is 0 Å². The third-order valence-corrected chi connectivity index (χ3v) is 4.43. The van der Waals surface area contributed by atoms with Crippen LogP contribution in [0.15, 0.2) is 0 Å². The second-order valence-electron chi connectivity index (χ2n) is 4.93. The van der Waals surface area contributed by atoms with Crippen LogP contribution in [0, 0.1) is 5.92 Å². The molecule has 0 unspecified atom stereocenters. The van der Waals surface area contributed by atoms with Crippen molar-refractivity contribution in [1.82, 2.24) is 13.9 Å². The Labute approximate surface area is 116 Å². The highest BCUT2D eigenvalue weighted by Crippen LogP contribution is 2.04. The molecule has 19 heavy (non-hydrogen) atoms. The van der Waals surface area contributed by atoms with Gasteiger partial charge in [0.05, 0.1) is 6.54 Å². The summed E-state index contributed by atoms with van der Waals surface area (Å²) in [4.78, 5) is 11.6. The van der Waals surface area contributed by atoms with Crippen molar-refractivity contribution in [2.24, 2.45) is 11.7 Å². The van der Waals surface area contributed by atoms with Gasteiger partial charge in [-0.25, -0.2) is 0 Å². The third-order valence-electron chi connectivity index (χ3n) is 2.54. The molecule has 7 nitrogen and oxygen atoms in total. The highest BCUT2D eigenvalue weighted by molar-refractivity contribution is 7.86. The fourth-order valence-corrected chi connectivity index (χ4v) is 2.44. The molecule has 114 valence electrons. The van der Waals surface area contributed by atoms with Crippen molar-refractivity contribution in [1.29, 1.82) is 0 Å². The van der Waals surface area contributed by atoms with E-state index in [1.807, 2.05) is 13.8 Å². The summed E-state index contributed by atoms with van der Waals surface area (Å²) in [5.41, 5.74) is 5.35. The molecule has 0 heterocycles.